The third kappa shape index (κ3) is 3.84. The Hall–Kier alpha value is -2.59. The van der Waals surface area contributed by atoms with Crippen LogP contribution in [0.1, 0.15) is 27.6 Å². The van der Waals surface area contributed by atoms with E-state index in [0.717, 1.165) is 17.7 Å². The Labute approximate surface area is 142 Å². The molecule has 0 aromatic heterocycles. The van der Waals surface area contributed by atoms with Crippen LogP contribution >= 0.6 is 0 Å². The van der Waals surface area contributed by atoms with E-state index in [9.17, 15) is 4.79 Å². The van der Waals surface area contributed by atoms with Crippen molar-refractivity contribution in [3.05, 3.63) is 77.9 Å². The van der Waals surface area contributed by atoms with E-state index in [1.54, 1.807) is 30.3 Å². The highest BCUT2D eigenvalue weighted by Crippen LogP contribution is 2.26. The Morgan fingerprint density at radius 2 is 2.04 bits per heavy atom. The zero-order chi connectivity index (χ0) is 16.8. The molecule has 24 heavy (non-hydrogen) atoms. The zero-order valence-electron chi connectivity index (χ0n) is 13.5. The van der Waals surface area contributed by atoms with Gasteiger partial charge in [0.25, 0.3) is 5.91 Å². The first-order valence-electron chi connectivity index (χ1n) is 8.09. The minimum Gasteiger partial charge on any atom is -0.490 e. The summed E-state index contributed by atoms with van der Waals surface area (Å²) in [5, 5.41) is 2.95. The summed E-state index contributed by atoms with van der Waals surface area (Å²) in [6.45, 7) is 5.20. The molecule has 0 saturated carbocycles. The standard InChI is InChI=1S/C20H21NO3/c1-2-12-23-17-9-7-16(8-10-17)20(22)21-14-19-18-6-4-3-5-15(18)11-13-24-19/h2-10,19H,1,11-14H2,(H,21,22)/t19-/m1/s1. The Balaban J connectivity index is 1.59. The zero-order valence-corrected chi connectivity index (χ0v) is 13.5. The average molecular weight is 323 g/mol. The van der Waals surface area contributed by atoms with Gasteiger partial charge in [-0.2, -0.15) is 0 Å². The fourth-order valence-corrected chi connectivity index (χ4v) is 2.79. The molecule has 1 aliphatic heterocycles. The summed E-state index contributed by atoms with van der Waals surface area (Å²) >= 11 is 0. The first-order chi connectivity index (χ1) is 11.8. The summed E-state index contributed by atoms with van der Waals surface area (Å²) in [6.07, 6.45) is 2.52. The SMILES string of the molecule is C=CCOc1ccc(C(=O)NC[C@H]2OCCc3ccccc32)cc1. The number of nitrogens with one attached hydrogen (secondary N) is 1. The van der Waals surface area contributed by atoms with Gasteiger partial charge in [0.15, 0.2) is 0 Å². The van der Waals surface area contributed by atoms with Crippen molar-refractivity contribution in [2.45, 2.75) is 12.5 Å². The molecule has 1 N–H and O–H groups in total. The molecule has 0 unspecified atom stereocenters. The Morgan fingerprint density at radius 3 is 2.83 bits per heavy atom. The topological polar surface area (TPSA) is 47.6 Å². The maximum absolute atomic E-state index is 12.3. The molecule has 1 amide bonds. The van der Waals surface area contributed by atoms with Crippen LogP contribution in [0.15, 0.2) is 61.2 Å². The van der Waals surface area contributed by atoms with Crippen LogP contribution in [-0.2, 0) is 11.2 Å². The molecular weight excluding hydrogens is 302 g/mol. The molecule has 2 aromatic rings. The predicted octanol–water partition coefficient (Wildman–Crippen LogP) is 3.30. The summed E-state index contributed by atoms with van der Waals surface area (Å²) in [4.78, 5) is 12.3. The quantitative estimate of drug-likeness (QED) is 0.830. The molecule has 1 aliphatic rings. The minimum absolute atomic E-state index is 0.0888. The number of ether oxygens (including phenoxy) is 2. The van der Waals surface area contributed by atoms with E-state index < -0.39 is 0 Å². The molecule has 0 radical (unpaired) electrons. The van der Waals surface area contributed by atoms with E-state index in [4.69, 9.17) is 9.47 Å². The van der Waals surface area contributed by atoms with Gasteiger partial charge >= 0.3 is 0 Å². The van der Waals surface area contributed by atoms with E-state index in [2.05, 4.69) is 24.0 Å². The van der Waals surface area contributed by atoms with Crippen LogP contribution in [0, 0.1) is 0 Å². The van der Waals surface area contributed by atoms with Gasteiger partial charge in [0.1, 0.15) is 18.5 Å². The Morgan fingerprint density at radius 1 is 1.25 bits per heavy atom. The smallest absolute Gasteiger partial charge is 0.251 e. The monoisotopic (exact) mass is 323 g/mol. The van der Waals surface area contributed by atoms with Crippen molar-refractivity contribution in [3.8, 4) is 5.75 Å². The highest BCUT2D eigenvalue weighted by molar-refractivity contribution is 5.94. The number of hydrogen-bond acceptors (Lipinski definition) is 3. The molecule has 2 aromatic carbocycles. The van der Waals surface area contributed by atoms with E-state index in [0.29, 0.717) is 25.3 Å². The van der Waals surface area contributed by atoms with Crippen LogP contribution in [0.2, 0.25) is 0 Å². The van der Waals surface area contributed by atoms with Gasteiger partial charge in [-0.1, -0.05) is 36.9 Å². The van der Waals surface area contributed by atoms with E-state index in [-0.39, 0.29) is 12.0 Å². The van der Waals surface area contributed by atoms with Crippen molar-refractivity contribution in [1.82, 2.24) is 5.32 Å². The summed E-state index contributed by atoms with van der Waals surface area (Å²) in [7, 11) is 0. The van der Waals surface area contributed by atoms with Crippen molar-refractivity contribution < 1.29 is 14.3 Å². The predicted molar refractivity (Wildman–Crippen MR) is 93.3 cm³/mol. The number of fused-ring (bicyclic) bond motifs is 1. The second kappa shape index (κ2) is 7.79. The van der Waals surface area contributed by atoms with Crippen molar-refractivity contribution in [3.63, 3.8) is 0 Å². The third-order valence-corrected chi connectivity index (χ3v) is 4.02. The van der Waals surface area contributed by atoms with Crippen molar-refractivity contribution in [2.75, 3.05) is 19.8 Å². The molecular formula is C20H21NO3. The first kappa shape index (κ1) is 16.3. The summed E-state index contributed by atoms with van der Waals surface area (Å²) in [5.41, 5.74) is 3.06. The molecule has 0 spiro atoms. The van der Waals surface area contributed by atoms with Crippen LogP contribution in [-0.4, -0.2) is 25.7 Å². The lowest BCUT2D eigenvalue weighted by molar-refractivity contribution is 0.0411. The second-order valence-electron chi connectivity index (χ2n) is 5.64. The maximum atomic E-state index is 12.3. The maximum Gasteiger partial charge on any atom is 0.251 e. The van der Waals surface area contributed by atoms with E-state index >= 15 is 0 Å². The number of carbonyl (C=O) groups is 1. The largest absolute Gasteiger partial charge is 0.490 e. The molecule has 0 aliphatic carbocycles. The first-order valence-corrected chi connectivity index (χ1v) is 8.09. The summed E-state index contributed by atoms with van der Waals surface area (Å²) < 4.78 is 11.2. The third-order valence-electron chi connectivity index (χ3n) is 4.02. The molecule has 4 heteroatoms. The Bertz CT molecular complexity index is 709. The molecule has 0 fully saturated rings. The fourth-order valence-electron chi connectivity index (χ4n) is 2.79. The lowest BCUT2D eigenvalue weighted by atomic mass is 9.97. The second-order valence-corrected chi connectivity index (χ2v) is 5.64. The van der Waals surface area contributed by atoms with Crippen molar-refractivity contribution in [2.24, 2.45) is 0 Å². The highest BCUT2D eigenvalue weighted by atomic mass is 16.5. The molecule has 0 saturated heterocycles. The fraction of sp³-hybridized carbons (Fsp3) is 0.250. The van der Waals surface area contributed by atoms with Gasteiger partial charge in [0, 0.05) is 12.1 Å². The molecule has 124 valence electrons. The molecule has 1 heterocycles. The number of benzene rings is 2. The molecule has 1 atom stereocenters. The van der Waals surface area contributed by atoms with Gasteiger partial charge in [0.2, 0.25) is 0 Å². The van der Waals surface area contributed by atoms with Crippen LogP contribution < -0.4 is 10.1 Å². The van der Waals surface area contributed by atoms with E-state index in [1.165, 1.54) is 5.56 Å². The number of carbonyl (C=O) groups excluding carboxylic acids is 1. The Kier molecular flexibility index (Phi) is 5.29. The van der Waals surface area contributed by atoms with Crippen LogP contribution in [0.5, 0.6) is 5.75 Å². The number of rotatable bonds is 6. The van der Waals surface area contributed by atoms with Gasteiger partial charge < -0.3 is 14.8 Å². The lowest BCUT2D eigenvalue weighted by Gasteiger charge is -2.26. The molecule has 0 bridgehead atoms. The average Bonchev–Trinajstić information content (AvgIpc) is 2.64. The number of hydrogen-bond donors (Lipinski definition) is 1. The minimum atomic E-state index is -0.114. The van der Waals surface area contributed by atoms with Gasteiger partial charge in [-0.05, 0) is 41.8 Å². The van der Waals surface area contributed by atoms with Crippen molar-refractivity contribution in [1.29, 1.82) is 0 Å². The summed E-state index contributed by atoms with van der Waals surface area (Å²) in [6, 6.07) is 15.3. The van der Waals surface area contributed by atoms with E-state index in [1.807, 2.05) is 12.1 Å². The number of amides is 1. The normalized spacial score (nSPS) is 16.1. The van der Waals surface area contributed by atoms with Gasteiger partial charge in [-0.25, -0.2) is 0 Å². The molecule has 4 nitrogen and oxygen atoms in total. The summed E-state index contributed by atoms with van der Waals surface area (Å²) in [5.74, 6) is 0.605. The van der Waals surface area contributed by atoms with Gasteiger partial charge in [-0.15, -0.1) is 0 Å². The van der Waals surface area contributed by atoms with Gasteiger partial charge in [0.05, 0.1) is 6.61 Å². The van der Waals surface area contributed by atoms with Gasteiger partial charge in [-0.3, -0.25) is 4.79 Å². The highest BCUT2D eigenvalue weighted by Gasteiger charge is 2.21. The van der Waals surface area contributed by atoms with Crippen molar-refractivity contribution >= 4 is 5.91 Å². The lowest BCUT2D eigenvalue weighted by Crippen LogP contribution is -2.31. The molecule has 3 rings (SSSR count). The van der Waals surface area contributed by atoms with Crippen LogP contribution in [0.4, 0.5) is 0 Å². The van der Waals surface area contributed by atoms with Crippen LogP contribution in [0.25, 0.3) is 0 Å². The van der Waals surface area contributed by atoms with Crippen LogP contribution in [0.3, 0.4) is 0 Å².